The summed E-state index contributed by atoms with van der Waals surface area (Å²) in [5.74, 6) is -0.211. The van der Waals surface area contributed by atoms with Crippen LogP contribution >= 0.6 is 35.6 Å². The van der Waals surface area contributed by atoms with Crippen molar-refractivity contribution in [2.24, 2.45) is 0 Å². The zero-order chi connectivity index (χ0) is 30.6. The number of aliphatic hydroxyl groups is 2. The first-order valence-corrected chi connectivity index (χ1v) is 14.7. The van der Waals surface area contributed by atoms with E-state index < -0.39 is 11.7 Å². The van der Waals surface area contributed by atoms with Gasteiger partial charge in [0.25, 0.3) is 0 Å². The summed E-state index contributed by atoms with van der Waals surface area (Å²) in [4.78, 5) is 23.7. The summed E-state index contributed by atoms with van der Waals surface area (Å²) in [6.45, 7) is 10.2. The van der Waals surface area contributed by atoms with Crippen molar-refractivity contribution in [2.75, 3.05) is 19.7 Å². The third kappa shape index (κ3) is 16.5. The fourth-order valence-corrected chi connectivity index (χ4v) is 4.84. The first-order chi connectivity index (χ1) is 19.3. The average Bonchev–Trinajstić information content (AvgIpc) is 3.46. The minimum atomic E-state index is -0.532. The highest BCUT2D eigenvalue weighted by molar-refractivity contribution is 6.30. The maximum atomic E-state index is 12.2. The van der Waals surface area contributed by atoms with Crippen molar-refractivity contribution in [1.82, 2.24) is 10.2 Å². The molecule has 3 N–H and O–H groups in total. The molecule has 1 amide bonds. The van der Waals surface area contributed by atoms with Crippen LogP contribution in [-0.2, 0) is 27.1 Å². The van der Waals surface area contributed by atoms with E-state index in [2.05, 4.69) is 10.1 Å². The second-order valence-electron chi connectivity index (χ2n) is 11.3. The van der Waals surface area contributed by atoms with E-state index in [1.807, 2.05) is 69.3 Å². The maximum Gasteiger partial charge on any atom is 0.410 e. The Morgan fingerprint density at radius 1 is 0.930 bits per heavy atom. The van der Waals surface area contributed by atoms with Crippen molar-refractivity contribution < 1.29 is 29.3 Å². The average molecular weight is 664 g/mol. The van der Waals surface area contributed by atoms with Crippen LogP contribution < -0.4 is 5.32 Å². The molecule has 43 heavy (non-hydrogen) atoms. The molecule has 0 aromatic heterocycles. The summed E-state index contributed by atoms with van der Waals surface area (Å²) >= 11 is 11.7. The summed E-state index contributed by atoms with van der Waals surface area (Å²) in [6, 6.07) is 15.8. The molecule has 0 radical (unpaired) electrons. The van der Waals surface area contributed by atoms with Crippen LogP contribution in [0.15, 0.2) is 48.5 Å². The minimum absolute atomic E-state index is 0. The summed E-state index contributed by atoms with van der Waals surface area (Å²) in [7, 11) is 0. The van der Waals surface area contributed by atoms with Gasteiger partial charge in [0.15, 0.2) is 0 Å². The highest BCUT2D eigenvalue weighted by Gasteiger charge is 2.36. The number of hydrogen-bond acceptors (Lipinski definition) is 7. The van der Waals surface area contributed by atoms with Gasteiger partial charge in [-0.05, 0) is 88.8 Å². The van der Waals surface area contributed by atoms with Gasteiger partial charge in [-0.1, -0.05) is 54.9 Å². The van der Waals surface area contributed by atoms with Crippen molar-refractivity contribution in [1.29, 1.82) is 0 Å². The Bertz CT molecular complexity index is 1080. The van der Waals surface area contributed by atoms with Gasteiger partial charge in [-0.25, -0.2) is 4.79 Å². The van der Waals surface area contributed by atoms with Crippen LogP contribution in [0.1, 0.15) is 66.0 Å². The van der Waals surface area contributed by atoms with Crippen LogP contribution in [0, 0.1) is 0 Å². The summed E-state index contributed by atoms with van der Waals surface area (Å²) < 4.78 is 9.81. The summed E-state index contributed by atoms with van der Waals surface area (Å²) in [6.07, 6.45) is 2.05. The molecule has 11 heteroatoms. The number of β-amino-alcohol motifs (C(OH)–C–C–N with tert-alkyl or cyclic N) is 2. The van der Waals surface area contributed by atoms with Crippen LogP contribution in [0.2, 0.25) is 10.0 Å². The van der Waals surface area contributed by atoms with Gasteiger partial charge in [-0.15, -0.1) is 12.4 Å². The summed E-state index contributed by atoms with van der Waals surface area (Å²) in [5.41, 5.74) is 1.82. The van der Waals surface area contributed by atoms with Crippen molar-refractivity contribution in [3.8, 4) is 0 Å². The molecule has 4 atom stereocenters. The number of nitrogens with one attached hydrogen (secondary N) is 1. The van der Waals surface area contributed by atoms with Crippen LogP contribution in [-0.4, -0.2) is 76.8 Å². The Hall–Kier alpha value is -2.07. The minimum Gasteiger partial charge on any atom is -0.466 e. The topological polar surface area (TPSA) is 108 Å². The predicted octanol–water partition coefficient (Wildman–Crippen LogP) is 6.49. The van der Waals surface area contributed by atoms with E-state index >= 15 is 0 Å². The molecule has 0 unspecified atom stereocenters. The quantitative estimate of drug-likeness (QED) is 0.314. The van der Waals surface area contributed by atoms with Gasteiger partial charge in [0.05, 0.1) is 25.4 Å². The van der Waals surface area contributed by atoms with Crippen molar-refractivity contribution in [3.05, 3.63) is 69.7 Å². The fourth-order valence-electron chi connectivity index (χ4n) is 4.58. The molecule has 8 nitrogen and oxygen atoms in total. The third-order valence-electron chi connectivity index (χ3n) is 6.35. The van der Waals surface area contributed by atoms with Crippen molar-refractivity contribution >= 4 is 47.7 Å². The van der Waals surface area contributed by atoms with E-state index in [1.54, 1.807) is 11.8 Å². The number of aliphatic hydroxyl groups excluding tert-OH is 2. The smallest absolute Gasteiger partial charge is 0.410 e. The molecule has 2 aromatic rings. The molecule has 2 fully saturated rings. The molecule has 0 spiro atoms. The van der Waals surface area contributed by atoms with E-state index in [-0.39, 0.29) is 44.0 Å². The number of carbonyl (C=O) groups is 2. The molecule has 0 aliphatic carbocycles. The number of likely N-dealkylation sites (tertiary alicyclic amines) is 1. The first kappa shape index (κ1) is 40.9. The van der Waals surface area contributed by atoms with E-state index in [4.69, 9.17) is 27.9 Å². The number of ether oxygens (including phenoxy) is 2. The SMILES string of the molecule is C.CC(C)(C)OC(=O)N1C[C@@H](O)C[C@@H]1Cc1ccc(Cl)cc1.CCOC(C)=O.Cl.O[C@@H]1CN[C@@H](Cc2ccc(Cl)cc2)C1. The second-order valence-corrected chi connectivity index (χ2v) is 12.1. The Morgan fingerprint density at radius 3 is 1.84 bits per heavy atom. The van der Waals surface area contributed by atoms with Gasteiger partial charge in [0.2, 0.25) is 0 Å². The highest BCUT2D eigenvalue weighted by atomic mass is 35.5. The number of hydrogen-bond donors (Lipinski definition) is 3. The Kier molecular flexibility index (Phi) is 19.1. The van der Waals surface area contributed by atoms with E-state index in [1.165, 1.54) is 12.5 Å². The fraction of sp³-hybridized carbons (Fsp3) is 0.562. The molecule has 0 bridgehead atoms. The van der Waals surface area contributed by atoms with Crippen LogP contribution in [0.4, 0.5) is 4.79 Å². The molecule has 244 valence electrons. The molecular formula is C32H49Cl3N2O6. The first-order valence-electron chi connectivity index (χ1n) is 14.0. The molecular weight excluding hydrogens is 615 g/mol. The number of amides is 1. The lowest BCUT2D eigenvalue weighted by atomic mass is 10.0. The van der Waals surface area contributed by atoms with E-state index in [9.17, 15) is 19.8 Å². The summed E-state index contributed by atoms with van der Waals surface area (Å²) in [5, 5.41) is 24.0. The third-order valence-corrected chi connectivity index (χ3v) is 6.85. The molecule has 4 rings (SSSR count). The Morgan fingerprint density at radius 2 is 1.44 bits per heavy atom. The lowest BCUT2D eigenvalue weighted by molar-refractivity contribution is -0.140. The van der Waals surface area contributed by atoms with Gasteiger partial charge in [0.1, 0.15) is 5.60 Å². The number of rotatable bonds is 5. The molecule has 2 heterocycles. The van der Waals surface area contributed by atoms with Gasteiger partial charge in [-0.2, -0.15) is 0 Å². The van der Waals surface area contributed by atoms with Crippen molar-refractivity contribution in [2.45, 2.75) is 97.6 Å². The number of nitrogens with zero attached hydrogens (tertiary/aromatic N) is 1. The normalized spacial score (nSPS) is 20.7. The lowest BCUT2D eigenvalue weighted by Crippen LogP contribution is -2.41. The molecule has 2 aromatic carbocycles. The van der Waals surface area contributed by atoms with Gasteiger partial charge >= 0.3 is 12.1 Å². The number of benzene rings is 2. The van der Waals surface area contributed by atoms with Crippen LogP contribution in [0.25, 0.3) is 0 Å². The molecule has 2 saturated heterocycles. The van der Waals surface area contributed by atoms with Gasteiger partial charge in [-0.3, -0.25) is 4.79 Å². The van der Waals surface area contributed by atoms with Gasteiger partial charge < -0.3 is 29.9 Å². The van der Waals surface area contributed by atoms with Crippen LogP contribution in [0.5, 0.6) is 0 Å². The Labute approximate surface area is 273 Å². The highest BCUT2D eigenvalue weighted by Crippen LogP contribution is 2.25. The number of carbonyl (C=O) groups excluding carboxylic acids is 2. The standard InChI is InChI=1S/C16H22ClNO3.C11H14ClNO.C4H8O2.CH4.ClH/c1-16(2,3)21-15(20)18-10-14(19)9-13(18)8-11-4-6-12(17)7-5-11;12-9-3-1-8(2-4-9)5-10-6-11(14)7-13-10;1-3-6-4(2)5;;/h4-7,13-14,19H,8-10H2,1-3H3;1-4,10-11,13-14H,5-7H2;3H2,1-2H3;1H4;1H/t13-,14-;10-,11-;;;/m00.../s1. The van der Waals surface area contributed by atoms with Crippen LogP contribution in [0.3, 0.4) is 0 Å². The molecule has 2 aliphatic heterocycles. The second kappa shape index (κ2) is 20.1. The predicted molar refractivity (Wildman–Crippen MR) is 176 cm³/mol. The molecule has 2 aliphatic rings. The van der Waals surface area contributed by atoms with Gasteiger partial charge in [0, 0.05) is 35.6 Å². The van der Waals surface area contributed by atoms with E-state index in [0.717, 1.165) is 30.0 Å². The van der Waals surface area contributed by atoms with E-state index in [0.29, 0.717) is 37.1 Å². The zero-order valence-corrected chi connectivity index (χ0v) is 27.3. The molecule has 0 saturated carbocycles. The Balaban J connectivity index is 0.000000694. The monoisotopic (exact) mass is 662 g/mol. The number of esters is 1. The lowest BCUT2D eigenvalue weighted by Gasteiger charge is -2.28. The number of halogens is 3. The van der Waals surface area contributed by atoms with Crippen molar-refractivity contribution in [3.63, 3.8) is 0 Å². The zero-order valence-electron chi connectivity index (χ0n) is 25.0. The largest absolute Gasteiger partial charge is 0.466 e. The maximum absolute atomic E-state index is 12.2.